The normalized spacial score (nSPS) is 12.0. The fourth-order valence-corrected chi connectivity index (χ4v) is 3.18. The first-order chi connectivity index (χ1) is 12.8. The molecule has 1 aromatic heterocycles. The highest BCUT2D eigenvalue weighted by Crippen LogP contribution is 2.28. The maximum Gasteiger partial charge on any atom is 0.268 e. The molecule has 1 atom stereocenters. The molecule has 0 unspecified atom stereocenters. The van der Waals surface area contributed by atoms with E-state index in [9.17, 15) is 9.59 Å². The predicted octanol–water partition coefficient (Wildman–Crippen LogP) is 3.90. The highest BCUT2D eigenvalue weighted by atomic mass is 35.5. The summed E-state index contributed by atoms with van der Waals surface area (Å²) < 4.78 is 0. The number of likely N-dealkylation sites (N-methyl/N-ethyl adjacent to an activating group) is 1. The van der Waals surface area contributed by atoms with Crippen LogP contribution >= 0.6 is 23.2 Å². The van der Waals surface area contributed by atoms with Gasteiger partial charge in [0.15, 0.2) is 0 Å². The first-order valence-electron chi connectivity index (χ1n) is 8.39. The van der Waals surface area contributed by atoms with Crippen LogP contribution in [-0.2, 0) is 11.2 Å². The number of carbonyl (C=O) groups excluding carboxylic acids is 2. The third kappa shape index (κ3) is 4.43. The molecular weight excluding hydrogens is 385 g/mol. The molecule has 3 rings (SSSR count). The van der Waals surface area contributed by atoms with Gasteiger partial charge >= 0.3 is 0 Å². The molecule has 3 aromatic rings. The Bertz CT molecular complexity index is 945. The molecule has 7 heteroatoms. The lowest BCUT2D eigenvalue weighted by atomic mass is 10.0. The molecule has 0 saturated carbocycles. The third-order valence-corrected chi connectivity index (χ3v) is 4.96. The second-order valence-electron chi connectivity index (χ2n) is 6.49. The van der Waals surface area contributed by atoms with Gasteiger partial charge in [-0.3, -0.25) is 9.59 Å². The van der Waals surface area contributed by atoms with E-state index in [4.69, 9.17) is 23.2 Å². The number of H-pyrrole nitrogens is 1. The summed E-state index contributed by atoms with van der Waals surface area (Å²) in [6, 6.07) is 13.9. The molecule has 2 amide bonds. The Kier molecular flexibility index (Phi) is 5.73. The van der Waals surface area contributed by atoms with E-state index in [1.54, 1.807) is 32.3 Å². The van der Waals surface area contributed by atoms with Crippen molar-refractivity contribution in [1.29, 1.82) is 0 Å². The van der Waals surface area contributed by atoms with Crippen LogP contribution in [0.4, 0.5) is 0 Å². The summed E-state index contributed by atoms with van der Waals surface area (Å²) in [6.07, 6.45) is 0.404. The van der Waals surface area contributed by atoms with Crippen LogP contribution in [0.2, 0.25) is 10.0 Å². The molecule has 5 nitrogen and oxygen atoms in total. The van der Waals surface area contributed by atoms with E-state index in [-0.39, 0.29) is 11.8 Å². The molecule has 0 saturated heterocycles. The summed E-state index contributed by atoms with van der Waals surface area (Å²) in [5.74, 6) is -0.538. The number of halogens is 2. The zero-order valence-electron chi connectivity index (χ0n) is 14.9. The van der Waals surface area contributed by atoms with Gasteiger partial charge in [0, 0.05) is 31.4 Å². The molecule has 0 fully saturated rings. The monoisotopic (exact) mass is 403 g/mol. The Morgan fingerprint density at radius 1 is 1.07 bits per heavy atom. The predicted molar refractivity (Wildman–Crippen MR) is 108 cm³/mol. The number of aromatic nitrogens is 1. The van der Waals surface area contributed by atoms with Crippen LogP contribution in [0.5, 0.6) is 0 Å². The quantitative estimate of drug-likeness (QED) is 0.678. The number of carbonyl (C=O) groups is 2. The topological polar surface area (TPSA) is 65.2 Å². The van der Waals surface area contributed by atoms with Gasteiger partial charge in [-0.05, 0) is 23.8 Å². The Balaban J connectivity index is 1.84. The molecule has 0 radical (unpaired) electrons. The van der Waals surface area contributed by atoms with Crippen LogP contribution in [0.15, 0.2) is 48.5 Å². The summed E-state index contributed by atoms with van der Waals surface area (Å²) >= 11 is 12.1. The van der Waals surface area contributed by atoms with E-state index in [0.717, 1.165) is 10.9 Å². The van der Waals surface area contributed by atoms with Crippen molar-refractivity contribution in [2.24, 2.45) is 0 Å². The minimum Gasteiger partial charge on any atom is -0.350 e. The number of fused-ring (bicyclic) bond motifs is 1. The molecule has 0 aliphatic heterocycles. The highest BCUT2D eigenvalue weighted by molar-refractivity contribution is 6.42. The van der Waals surface area contributed by atoms with E-state index < -0.39 is 6.04 Å². The molecule has 27 heavy (non-hydrogen) atoms. The first-order valence-corrected chi connectivity index (χ1v) is 9.14. The number of aromatic amines is 1. The summed E-state index contributed by atoms with van der Waals surface area (Å²) in [5.41, 5.74) is 2.01. The van der Waals surface area contributed by atoms with Crippen molar-refractivity contribution in [1.82, 2.24) is 15.2 Å². The summed E-state index contributed by atoms with van der Waals surface area (Å²) in [7, 11) is 3.33. The molecule has 0 aliphatic carbocycles. The lowest BCUT2D eigenvalue weighted by molar-refractivity contribution is -0.130. The fraction of sp³-hybridized carbons (Fsp3) is 0.200. The van der Waals surface area contributed by atoms with E-state index in [1.807, 2.05) is 30.3 Å². The maximum absolute atomic E-state index is 12.7. The molecular formula is C20H19Cl2N3O2. The second-order valence-corrected chi connectivity index (χ2v) is 7.30. The Hall–Kier alpha value is -2.50. The second kappa shape index (κ2) is 8.03. The zero-order valence-corrected chi connectivity index (χ0v) is 16.4. The zero-order chi connectivity index (χ0) is 19.6. The number of hydrogen-bond acceptors (Lipinski definition) is 2. The van der Waals surface area contributed by atoms with Crippen molar-refractivity contribution in [3.8, 4) is 0 Å². The summed E-state index contributed by atoms with van der Waals surface area (Å²) in [5, 5.41) is 4.42. The van der Waals surface area contributed by atoms with Crippen LogP contribution < -0.4 is 5.32 Å². The molecule has 0 spiro atoms. The van der Waals surface area contributed by atoms with Gasteiger partial charge in [0.2, 0.25) is 5.91 Å². The molecule has 0 aliphatic rings. The maximum atomic E-state index is 12.7. The van der Waals surface area contributed by atoms with E-state index >= 15 is 0 Å². The van der Waals surface area contributed by atoms with E-state index in [0.29, 0.717) is 27.7 Å². The van der Waals surface area contributed by atoms with Crippen molar-refractivity contribution in [3.05, 3.63) is 69.8 Å². The lowest BCUT2D eigenvalue weighted by Gasteiger charge is -2.21. The van der Waals surface area contributed by atoms with Crippen LogP contribution in [0.25, 0.3) is 10.9 Å². The van der Waals surface area contributed by atoms with E-state index in [1.165, 1.54) is 4.90 Å². The van der Waals surface area contributed by atoms with Gasteiger partial charge in [-0.25, -0.2) is 0 Å². The number of nitrogens with zero attached hydrogens (tertiary/aromatic N) is 1. The average Bonchev–Trinajstić information content (AvgIpc) is 3.04. The highest BCUT2D eigenvalue weighted by Gasteiger charge is 2.24. The smallest absolute Gasteiger partial charge is 0.268 e. The standard InChI is InChI=1S/C20H19Cl2N3O2/c1-25(2)20(27)18(8-12-6-4-3-5-7-12)24-19(26)17-10-13-9-14(21)15(22)11-16(13)23-17/h3-7,9-11,18,23H,8H2,1-2H3,(H,24,26)/t18-/m0/s1. The van der Waals surface area contributed by atoms with Gasteiger partial charge in [-0.2, -0.15) is 0 Å². The SMILES string of the molecule is CN(C)C(=O)[C@H](Cc1ccccc1)NC(=O)c1cc2cc(Cl)c(Cl)cc2[nH]1. The minimum absolute atomic E-state index is 0.172. The summed E-state index contributed by atoms with van der Waals surface area (Å²) in [6.45, 7) is 0. The van der Waals surface area contributed by atoms with E-state index in [2.05, 4.69) is 10.3 Å². The van der Waals surface area contributed by atoms with Crippen molar-refractivity contribution in [2.45, 2.75) is 12.5 Å². The van der Waals surface area contributed by atoms with Crippen LogP contribution in [-0.4, -0.2) is 41.8 Å². The molecule has 2 N–H and O–H groups in total. The Labute approximate surface area is 167 Å². The molecule has 1 heterocycles. The number of amides is 2. The average molecular weight is 404 g/mol. The van der Waals surface area contributed by atoms with Crippen LogP contribution in [0, 0.1) is 0 Å². The largest absolute Gasteiger partial charge is 0.350 e. The molecule has 140 valence electrons. The van der Waals surface area contributed by atoms with Crippen LogP contribution in [0.3, 0.4) is 0 Å². The van der Waals surface area contributed by atoms with Crippen molar-refractivity contribution in [3.63, 3.8) is 0 Å². The lowest BCUT2D eigenvalue weighted by Crippen LogP contribution is -2.47. The fourth-order valence-electron chi connectivity index (χ4n) is 2.85. The number of rotatable bonds is 5. The van der Waals surface area contributed by atoms with Crippen molar-refractivity contribution < 1.29 is 9.59 Å². The molecule has 0 bridgehead atoms. The van der Waals surface area contributed by atoms with Crippen molar-refractivity contribution in [2.75, 3.05) is 14.1 Å². The van der Waals surface area contributed by atoms with Crippen molar-refractivity contribution >= 4 is 45.9 Å². The van der Waals surface area contributed by atoms with Crippen LogP contribution in [0.1, 0.15) is 16.1 Å². The molecule has 2 aromatic carbocycles. The van der Waals surface area contributed by atoms with Gasteiger partial charge in [-0.1, -0.05) is 53.5 Å². The van der Waals surface area contributed by atoms with Gasteiger partial charge in [0.05, 0.1) is 10.0 Å². The Morgan fingerprint density at radius 2 is 1.74 bits per heavy atom. The number of nitrogens with one attached hydrogen (secondary N) is 2. The van der Waals surface area contributed by atoms with Gasteiger partial charge < -0.3 is 15.2 Å². The minimum atomic E-state index is -0.673. The first kappa shape index (κ1) is 19.3. The third-order valence-electron chi connectivity index (χ3n) is 4.23. The van der Waals surface area contributed by atoms with Gasteiger partial charge in [0.1, 0.15) is 11.7 Å². The number of hydrogen-bond donors (Lipinski definition) is 2. The van der Waals surface area contributed by atoms with Gasteiger partial charge in [0.25, 0.3) is 5.91 Å². The van der Waals surface area contributed by atoms with Gasteiger partial charge in [-0.15, -0.1) is 0 Å². The Morgan fingerprint density at radius 3 is 2.41 bits per heavy atom. The summed E-state index contributed by atoms with van der Waals surface area (Å²) in [4.78, 5) is 29.8. The number of benzene rings is 2.